The number of hydrogen-bond donors (Lipinski definition) is 2. The van der Waals surface area contributed by atoms with Crippen LogP contribution < -0.4 is 30.0 Å². The lowest BCUT2D eigenvalue weighted by Crippen LogP contribution is -2.37. The molecule has 1 aliphatic heterocycles. The predicted octanol–water partition coefficient (Wildman–Crippen LogP) is 4.11. The molecule has 0 aromatic heterocycles. The van der Waals surface area contributed by atoms with Gasteiger partial charge in [0, 0.05) is 0 Å². The minimum atomic E-state index is -0.683. The zero-order chi connectivity index (χ0) is 23.2. The number of carbonyl (C=O) groups excluding carboxylic acids is 1. The van der Waals surface area contributed by atoms with E-state index in [0.29, 0.717) is 35.1 Å². The number of ether oxygens (including phenoxy) is 4. The molecule has 3 N–H and O–H groups in total. The molecule has 0 bridgehead atoms. The Bertz CT molecular complexity index is 1160. The fraction of sp³-hybridized carbons (Fsp3) is 0.192. The highest BCUT2D eigenvalue weighted by atomic mass is 16.7. The number of nitrogens with two attached hydrogens (primary N) is 1. The Hall–Kier alpha value is -3.97. The summed E-state index contributed by atoms with van der Waals surface area (Å²) in [5.41, 5.74) is 9.45. The van der Waals surface area contributed by atoms with Crippen molar-refractivity contribution in [1.29, 1.82) is 0 Å². The third-order valence-electron chi connectivity index (χ3n) is 5.27. The van der Waals surface area contributed by atoms with Crippen LogP contribution >= 0.6 is 0 Å². The minimum Gasteiger partial charge on any atom is -0.495 e. The zero-order valence-corrected chi connectivity index (χ0v) is 18.5. The number of benzene rings is 3. The second-order valence-electron chi connectivity index (χ2n) is 7.54. The number of methoxy groups -OCH3 is 2. The van der Waals surface area contributed by atoms with Crippen molar-refractivity contribution in [2.75, 3.05) is 26.3 Å². The van der Waals surface area contributed by atoms with E-state index in [-0.39, 0.29) is 12.7 Å². The maximum Gasteiger partial charge on any atom is 0.241 e. The predicted molar refractivity (Wildman–Crippen MR) is 128 cm³/mol. The fourth-order valence-electron chi connectivity index (χ4n) is 3.55. The van der Waals surface area contributed by atoms with Gasteiger partial charge in [0.05, 0.1) is 25.9 Å². The number of nitrogens with one attached hydrogen (secondary N) is 1. The van der Waals surface area contributed by atoms with Crippen molar-refractivity contribution in [2.45, 2.75) is 12.5 Å². The number of carbonyl (C=O) groups is 1. The van der Waals surface area contributed by atoms with Crippen molar-refractivity contribution >= 4 is 23.7 Å². The second-order valence-corrected chi connectivity index (χ2v) is 7.54. The lowest BCUT2D eigenvalue weighted by atomic mass is 10.1. The van der Waals surface area contributed by atoms with Crippen molar-refractivity contribution in [3.63, 3.8) is 0 Å². The van der Waals surface area contributed by atoms with Crippen molar-refractivity contribution in [1.82, 2.24) is 0 Å². The van der Waals surface area contributed by atoms with Gasteiger partial charge in [-0.1, -0.05) is 48.6 Å². The molecule has 1 atom stereocenters. The standard InChI is InChI=1S/C26H26N2O5/c1-30-22-11-10-18(8-9-19-14-23(31-2)25-24(15-19)32-16-33-25)13-21(22)28-26(29)20(27)12-17-6-4-3-5-7-17/h3-11,13-15,20H,12,16,27H2,1-2H3,(H,28,29)/b9-8-/t20-/m0/s1. The van der Waals surface area contributed by atoms with Crippen LogP contribution in [0.4, 0.5) is 5.69 Å². The quantitative estimate of drug-likeness (QED) is 0.506. The first-order chi connectivity index (χ1) is 16.1. The van der Waals surface area contributed by atoms with Gasteiger partial charge in [-0.15, -0.1) is 0 Å². The van der Waals surface area contributed by atoms with Gasteiger partial charge in [0.1, 0.15) is 5.75 Å². The smallest absolute Gasteiger partial charge is 0.241 e. The van der Waals surface area contributed by atoms with Crippen molar-refractivity contribution in [3.8, 4) is 23.0 Å². The van der Waals surface area contributed by atoms with E-state index in [0.717, 1.165) is 16.7 Å². The van der Waals surface area contributed by atoms with E-state index in [1.54, 1.807) is 20.3 Å². The Morgan fingerprint density at radius 2 is 1.76 bits per heavy atom. The maximum absolute atomic E-state index is 12.7. The maximum atomic E-state index is 12.7. The number of amides is 1. The fourth-order valence-corrected chi connectivity index (χ4v) is 3.55. The van der Waals surface area contributed by atoms with Gasteiger partial charge in [-0.05, 0) is 47.4 Å². The molecule has 1 heterocycles. The molecule has 1 amide bonds. The summed E-state index contributed by atoms with van der Waals surface area (Å²) >= 11 is 0. The molecule has 7 heteroatoms. The topological polar surface area (TPSA) is 92.0 Å². The lowest BCUT2D eigenvalue weighted by Gasteiger charge is -2.15. The van der Waals surface area contributed by atoms with Crippen molar-refractivity contribution in [2.24, 2.45) is 5.73 Å². The number of fused-ring (bicyclic) bond motifs is 1. The van der Waals surface area contributed by atoms with Crippen LogP contribution in [-0.4, -0.2) is 33.0 Å². The van der Waals surface area contributed by atoms with Gasteiger partial charge in [0.25, 0.3) is 0 Å². The molecule has 0 aliphatic carbocycles. The third kappa shape index (κ3) is 5.27. The monoisotopic (exact) mass is 446 g/mol. The molecule has 3 aromatic carbocycles. The number of rotatable bonds is 8. The van der Waals surface area contributed by atoms with Crippen LogP contribution in [0.5, 0.6) is 23.0 Å². The average molecular weight is 447 g/mol. The molecule has 170 valence electrons. The van der Waals surface area contributed by atoms with E-state index in [2.05, 4.69) is 5.32 Å². The van der Waals surface area contributed by atoms with Crippen LogP contribution in [0.2, 0.25) is 0 Å². The second kappa shape index (κ2) is 10.1. The highest BCUT2D eigenvalue weighted by molar-refractivity contribution is 5.96. The third-order valence-corrected chi connectivity index (χ3v) is 5.27. The number of hydrogen-bond acceptors (Lipinski definition) is 6. The molecule has 33 heavy (non-hydrogen) atoms. The SMILES string of the molecule is COc1ccc(/C=C\c2cc(OC)c3c(c2)OCO3)cc1NC(=O)[C@@H](N)Cc1ccccc1. The summed E-state index contributed by atoms with van der Waals surface area (Å²) in [6.45, 7) is 0.173. The Morgan fingerprint density at radius 3 is 2.52 bits per heavy atom. The van der Waals surface area contributed by atoms with Gasteiger partial charge in [-0.25, -0.2) is 0 Å². The molecule has 0 saturated heterocycles. The van der Waals surface area contributed by atoms with Crippen molar-refractivity contribution in [3.05, 3.63) is 77.4 Å². The number of anilines is 1. The largest absolute Gasteiger partial charge is 0.495 e. The molecule has 0 radical (unpaired) electrons. The molecule has 0 fully saturated rings. The van der Waals surface area contributed by atoms with E-state index in [4.69, 9.17) is 24.7 Å². The van der Waals surface area contributed by atoms with E-state index >= 15 is 0 Å². The van der Waals surface area contributed by atoms with Gasteiger partial charge in [-0.2, -0.15) is 0 Å². The summed E-state index contributed by atoms with van der Waals surface area (Å²) in [4.78, 5) is 12.7. The van der Waals surface area contributed by atoms with Gasteiger partial charge in [-0.3, -0.25) is 4.79 Å². The Kier molecular flexibility index (Phi) is 6.80. The first kappa shape index (κ1) is 22.2. The normalized spacial score (nSPS) is 13.1. The Balaban J connectivity index is 1.50. The molecular weight excluding hydrogens is 420 g/mol. The summed E-state index contributed by atoms with van der Waals surface area (Å²) in [5.74, 6) is 2.13. The molecule has 0 saturated carbocycles. The van der Waals surface area contributed by atoms with Gasteiger partial charge >= 0.3 is 0 Å². The van der Waals surface area contributed by atoms with Crippen LogP contribution in [0.3, 0.4) is 0 Å². The zero-order valence-electron chi connectivity index (χ0n) is 18.5. The van der Waals surface area contributed by atoms with Crippen LogP contribution in [0.25, 0.3) is 12.2 Å². The van der Waals surface area contributed by atoms with Crippen molar-refractivity contribution < 1.29 is 23.7 Å². The van der Waals surface area contributed by atoms with E-state index < -0.39 is 6.04 Å². The summed E-state index contributed by atoms with van der Waals surface area (Å²) in [6, 6.07) is 18.3. The van der Waals surface area contributed by atoms with E-state index in [1.807, 2.05) is 66.7 Å². The Labute approximate surface area is 192 Å². The molecule has 1 aliphatic rings. The van der Waals surface area contributed by atoms with E-state index in [9.17, 15) is 4.79 Å². The van der Waals surface area contributed by atoms with Crippen LogP contribution in [-0.2, 0) is 11.2 Å². The first-order valence-corrected chi connectivity index (χ1v) is 10.5. The van der Waals surface area contributed by atoms with Gasteiger partial charge in [0.2, 0.25) is 18.4 Å². The van der Waals surface area contributed by atoms with E-state index in [1.165, 1.54) is 0 Å². The highest BCUT2D eigenvalue weighted by Gasteiger charge is 2.19. The molecule has 7 nitrogen and oxygen atoms in total. The summed E-state index contributed by atoms with van der Waals surface area (Å²) in [5, 5.41) is 2.89. The lowest BCUT2D eigenvalue weighted by molar-refractivity contribution is -0.117. The van der Waals surface area contributed by atoms with Crippen LogP contribution in [0.1, 0.15) is 16.7 Å². The highest BCUT2D eigenvalue weighted by Crippen LogP contribution is 2.42. The first-order valence-electron chi connectivity index (χ1n) is 10.5. The minimum absolute atomic E-state index is 0.173. The molecule has 4 rings (SSSR count). The molecule has 3 aromatic rings. The van der Waals surface area contributed by atoms with Gasteiger partial charge < -0.3 is 30.0 Å². The van der Waals surface area contributed by atoms with Crippen LogP contribution in [0.15, 0.2) is 60.7 Å². The van der Waals surface area contributed by atoms with Gasteiger partial charge in [0.15, 0.2) is 11.5 Å². The molecule has 0 spiro atoms. The summed E-state index contributed by atoms with van der Waals surface area (Å²) in [6.07, 6.45) is 4.30. The Morgan fingerprint density at radius 1 is 1.00 bits per heavy atom. The molecular formula is C26H26N2O5. The average Bonchev–Trinajstić information content (AvgIpc) is 3.31. The molecule has 0 unspecified atom stereocenters. The summed E-state index contributed by atoms with van der Waals surface area (Å²) in [7, 11) is 3.15. The van der Waals surface area contributed by atoms with Crippen LogP contribution in [0, 0.1) is 0 Å². The summed E-state index contributed by atoms with van der Waals surface area (Å²) < 4.78 is 21.7.